The molecule has 5 nitrogen and oxygen atoms in total. The highest BCUT2D eigenvalue weighted by Gasteiger charge is 2.42. The van der Waals surface area contributed by atoms with E-state index in [1.54, 1.807) is 24.3 Å². The van der Waals surface area contributed by atoms with Gasteiger partial charge in [-0.2, -0.15) is 31.6 Å². The maximum atomic E-state index is 13.1. The molecule has 0 amide bonds. The molecule has 0 saturated heterocycles. The molecule has 4 aromatic rings. The molecule has 0 radical (unpaired) electrons. The summed E-state index contributed by atoms with van der Waals surface area (Å²) in [5, 5.41) is 14.2. The number of nitrogens with zero attached hydrogens (tertiary/aromatic N) is 3. The number of rotatable bonds is 4. The van der Waals surface area contributed by atoms with Crippen molar-refractivity contribution in [3.63, 3.8) is 0 Å². The minimum atomic E-state index is -5.10. The molecule has 0 spiro atoms. The Bertz CT molecular complexity index is 1180. The zero-order valence-corrected chi connectivity index (χ0v) is 15.0. The van der Waals surface area contributed by atoms with E-state index >= 15 is 0 Å². The summed E-state index contributed by atoms with van der Waals surface area (Å²) >= 11 is 0. The molecule has 2 heterocycles. The fraction of sp³-hybridized carbons (Fsp3) is 0.211. The Balaban J connectivity index is 1.56. The molecule has 0 fully saturated rings. The predicted molar refractivity (Wildman–Crippen MR) is 93.2 cm³/mol. The van der Waals surface area contributed by atoms with Gasteiger partial charge < -0.3 is 4.42 Å². The van der Waals surface area contributed by atoms with Gasteiger partial charge >= 0.3 is 12.4 Å². The van der Waals surface area contributed by atoms with E-state index in [4.69, 9.17) is 4.42 Å². The van der Waals surface area contributed by atoms with Crippen LogP contribution in [0.4, 0.5) is 26.3 Å². The summed E-state index contributed by atoms with van der Waals surface area (Å²) in [6.07, 6.45) is -9.73. The Morgan fingerprint density at radius 1 is 0.800 bits per heavy atom. The van der Waals surface area contributed by atoms with Crippen LogP contribution < -0.4 is 0 Å². The Hall–Kier alpha value is -3.37. The number of H-pyrrole nitrogens is 1. The highest BCUT2D eigenvalue weighted by molar-refractivity contribution is 5.82. The molecule has 0 saturated carbocycles. The maximum absolute atomic E-state index is 13.1. The third-order valence-corrected chi connectivity index (χ3v) is 4.55. The van der Waals surface area contributed by atoms with Gasteiger partial charge in [0.05, 0.1) is 11.1 Å². The van der Waals surface area contributed by atoms with Gasteiger partial charge in [0.25, 0.3) is 0 Å². The van der Waals surface area contributed by atoms with E-state index in [0.717, 1.165) is 17.0 Å². The normalized spacial score (nSPS) is 12.6. The van der Waals surface area contributed by atoms with Crippen molar-refractivity contribution in [2.24, 2.45) is 0 Å². The quantitative estimate of drug-likeness (QED) is 0.442. The number of furan rings is 1. The van der Waals surface area contributed by atoms with Gasteiger partial charge in [0.2, 0.25) is 5.82 Å². The van der Waals surface area contributed by atoms with Crippen molar-refractivity contribution in [3.8, 4) is 11.6 Å². The standard InChI is InChI=1S/C19H12F6N4O/c20-18(21,22)13-6-4-10(7-14(13)19(23,24)25)1-2-11-3-5-12-9-16(30-15(12)8-11)17-26-28-29-27-17/h3-9H,1-2H2,(H,26,27,28,29). The largest absolute Gasteiger partial charge is 0.453 e. The lowest BCUT2D eigenvalue weighted by molar-refractivity contribution is -0.162. The van der Waals surface area contributed by atoms with Crippen LogP contribution in [-0.2, 0) is 25.2 Å². The number of tetrazole rings is 1. The second-order valence-electron chi connectivity index (χ2n) is 6.59. The summed E-state index contributed by atoms with van der Waals surface area (Å²) in [5.41, 5.74) is -1.94. The molecule has 1 N–H and O–H groups in total. The van der Waals surface area contributed by atoms with E-state index in [9.17, 15) is 26.3 Å². The highest BCUT2D eigenvalue weighted by atomic mass is 19.4. The van der Waals surface area contributed by atoms with Crippen LogP contribution in [0.15, 0.2) is 46.9 Å². The molecule has 0 atom stereocenters. The van der Waals surface area contributed by atoms with E-state index in [-0.39, 0.29) is 17.8 Å². The molecule has 11 heteroatoms. The first kappa shape index (κ1) is 19.9. The third kappa shape index (κ3) is 4.00. The topological polar surface area (TPSA) is 67.6 Å². The van der Waals surface area contributed by atoms with Crippen LogP contribution in [0.2, 0.25) is 0 Å². The van der Waals surface area contributed by atoms with E-state index in [1.165, 1.54) is 0 Å². The highest BCUT2D eigenvalue weighted by Crippen LogP contribution is 2.40. The zero-order chi connectivity index (χ0) is 21.5. The first-order valence-electron chi connectivity index (χ1n) is 8.65. The smallest absolute Gasteiger partial charge is 0.417 e. The first-order valence-corrected chi connectivity index (χ1v) is 8.65. The van der Waals surface area contributed by atoms with E-state index in [2.05, 4.69) is 20.6 Å². The lowest BCUT2D eigenvalue weighted by atomic mass is 9.98. The third-order valence-electron chi connectivity index (χ3n) is 4.55. The Morgan fingerprint density at radius 3 is 2.10 bits per heavy atom. The Kier molecular flexibility index (Phi) is 4.75. The second kappa shape index (κ2) is 7.15. The average molecular weight is 426 g/mol. The molecular weight excluding hydrogens is 414 g/mol. The average Bonchev–Trinajstić information content (AvgIpc) is 3.33. The molecule has 4 rings (SSSR count). The van der Waals surface area contributed by atoms with Gasteiger partial charge in [-0.05, 0) is 53.4 Å². The maximum Gasteiger partial charge on any atom is 0.417 e. The van der Waals surface area contributed by atoms with Crippen molar-refractivity contribution < 1.29 is 30.8 Å². The van der Waals surface area contributed by atoms with Crippen molar-refractivity contribution in [1.82, 2.24) is 20.6 Å². The van der Waals surface area contributed by atoms with Crippen molar-refractivity contribution in [2.45, 2.75) is 25.2 Å². The molecular formula is C19H12F6N4O. The van der Waals surface area contributed by atoms with Crippen molar-refractivity contribution in [2.75, 3.05) is 0 Å². The number of nitrogens with one attached hydrogen (secondary N) is 1. The number of benzene rings is 2. The van der Waals surface area contributed by atoms with Gasteiger partial charge in [-0.15, -0.1) is 10.2 Å². The number of alkyl halides is 6. The summed E-state index contributed by atoms with van der Waals surface area (Å²) in [6, 6.07) is 9.08. The van der Waals surface area contributed by atoms with Crippen molar-refractivity contribution in [3.05, 3.63) is 64.7 Å². The van der Waals surface area contributed by atoms with Gasteiger partial charge in [-0.25, -0.2) is 0 Å². The summed E-state index contributed by atoms with van der Waals surface area (Å²) < 4.78 is 83.6. The number of fused-ring (bicyclic) bond motifs is 1. The number of hydrogen-bond donors (Lipinski definition) is 1. The lowest BCUT2D eigenvalue weighted by Gasteiger charge is -2.16. The molecule has 156 valence electrons. The number of aromatic nitrogens is 4. The van der Waals surface area contributed by atoms with Gasteiger partial charge in [0.15, 0.2) is 5.76 Å². The van der Waals surface area contributed by atoms with Crippen molar-refractivity contribution >= 4 is 11.0 Å². The molecule has 2 aromatic heterocycles. The number of halogens is 6. The van der Waals surface area contributed by atoms with Crippen LogP contribution >= 0.6 is 0 Å². The van der Waals surface area contributed by atoms with Crippen LogP contribution in [0.1, 0.15) is 22.3 Å². The number of aromatic amines is 1. The monoisotopic (exact) mass is 426 g/mol. The molecule has 0 unspecified atom stereocenters. The minimum absolute atomic E-state index is 0.130. The van der Waals surface area contributed by atoms with Gasteiger partial charge in [-0.3, -0.25) is 0 Å². The predicted octanol–water partition coefficient (Wildman–Crippen LogP) is 5.44. The molecule has 30 heavy (non-hydrogen) atoms. The first-order chi connectivity index (χ1) is 14.1. The summed E-state index contributed by atoms with van der Waals surface area (Å²) in [4.78, 5) is 0. The molecule has 0 aliphatic rings. The molecule has 0 bridgehead atoms. The summed E-state index contributed by atoms with van der Waals surface area (Å²) in [5.74, 6) is 0.672. The second-order valence-corrected chi connectivity index (χ2v) is 6.59. The van der Waals surface area contributed by atoms with Crippen LogP contribution in [-0.4, -0.2) is 20.6 Å². The Morgan fingerprint density at radius 2 is 1.47 bits per heavy atom. The van der Waals surface area contributed by atoms with Gasteiger partial charge in [0, 0.05) is 5.39 Å². The number of aryl methyl sites for hydroxylation is 2. The minimum Gasteiger partial charge on any atom is -0.453 e. The summed E-state index contributed by atoms with van der Waals surface area (Å²) in [7, 11) is 0. The number of hydrogen-bond acceptors (Lipinski definition) is 4. The summed E-state index contributed by atoms with van der Waals surface area (Å²) in [6.45, 7) is 0. The van der Waals surface area contributed by atoms with E-state index in [0.29, 0.717) is 29.9 Å². The van der Waals surface area contributed by atoms with Crippen LogP contribution in [0.25, 0.3) is 22.6 Å². The zero-order valence-electron chi connectivity index (χ0n) is 15.0. The van der Waals surface area contributed by atoms with Crippen molar-refractivity contribution in [1.29, 1.82) is 0 Å². The van der Waals surface area contributed by atoms with E-state index in [1.807, 2.05) is 0 Å². The van der Waals surface area contributed by atoms with Crippen LogP contribution in [0.3, 0.4) is 0 Å². The molecule has 2 aromatic carbocycles. The van der Waals surface area contributed by atoms with Crippen LogP contribution in [0.5, 0.6) is 0 Å². The molecule has 0 aliphatic carbocycles. The van der Waals surface area contributed by atoms with Crippen LogP contribution in [0, 0.1) is 0 Å². The van der Waals surface area contributed by atoms with Gasteiger partial charge in [-0.1, -0.05) is 18.2 Å². The molecule has 0 aliphatic heterocycles. The SMILES string of the molecule is FC(F)(F)c1ccc(CCc2ccc3cc(-c4nn[nH]n4)oc3c2)cc1C(F)(F)F. The fourth-order valence-corrected chi connectivity index (χ4v) is 3.12. The fourth-order valence-electron chi connectivity index (χ4n) is 3.12. The lowest BCUT2D eigenvalue weighted by Crippen LogP contribution is -2.17. The van der Waals surface area contributed by atoms with Gasteiger partial charge in [0.1, 0.15) is 5.58 Å². The Labute approximate surface area is 164 Å². The van der Waals surface area contributed by atoms with E-state index < -0.39 is 23.5 Å².